The fourth-order valence-electron chi connectivity index (χ4n) is 3.01. The van der Waals surface area contributed by atoms with E-state index in [4.69, 9.17) is 0 Å². The Hall–Kier alpha value is -2.35. The van der Waals surface area contributed by atoms with Crippen molar-refractivity contribution in [2.75, 3.05) is 23.7 Å². The van der Waals surface area contributed by atoms with E-state index in [2.05, 4.69) is 53.2 Å². The van der Waals surface area contributed by atoms with Crippen LogP contribution in [-0.4, -0.2) is 40.0 Å². The van der Waals surface area contributed by atoms with Crippen molar-refractivity contribution in [1.29, 1.82) is 0 Å². The summed E-state index contributed by atoms with van der Waals surface area (Å²) in [4.78, 5) is 11.1. The zero-order chi connectivity index (χ0) is 20.9. The summed E-state index contributed by atoms with van der Waals surface area (Å²) in [6, 6.07) is 7.53. The molecule has 0 unspecified atom stereocenters. The molecule has 0 saturated carbocycles. The summed E-state index contributed by atoms with van der Waals surface area (Å²) in [7, 11) is 0. The molecule has 0 radical (unpaired) electrons. The van der Waals surface area contributed by atoms with Crippen molar-refractivity contribution >= 4 is 17.5 Å². The van der Waals surface area contributed by atoms with Crippen molar-refractivity contribution < 1.29 is 13.2 Å². The van der Waals surface area contributed by atoms with Crippen LogP contribution >= 0.6 is 0 Å². The monoisotopic (exact) mass is 395 g/mol. The standard InChI is InChI=1S/C20H28F3N5/c1-13(2)28(14(3)4)11-10-24-18-12-15(5)25-19(27-18)26-17-8-6-16(7-9-17)20(21,22)23/h6-9,12-14H,10-11H2,1-5H3,(H2,24,25,26,27). The topological polar surface area (TPSA) is 53.1 Å². The van der Waals surface area contributed by atoms with Crippen LogP contribution in [0, 0.1) is 6.92 Å². The molecular weight excluding hydrogens is 367 g/mol. The summed E-state index contributed by atoms with van der Waals surface area (Å²) in [5, 5.41) is 6.26. The largest absolute Gasteiger partial charge is 0.416 e. The molecule has 1 heterocycles. The minimum atomic E-state index is -4.35. The Morgan fingerprint density at radius 3 is 2.14 bits per heavy atom. The van der Waals surface area contributed by atoms with Gasteiger partial charge in [-0.2, -0.15) is 18.2 Å². The summed E-state index contributed by atoms with van der Waals surface area (Å²) in [6.07, 6.45) is -4.35. The zero-order valence-electron chi connectivity index (χ0n) is 16.9. The first-order valence-electron chi connectivity index (χ1n) is 9.36. The van der Waals surface area contributed by atoms with Gasteiger partial charge in [-0.05, 0) is 58.9 Å². The molecule has 0 amide bonds. The van der Waals surface area contributed by atoms with Crippen LogP contribution in [0.4, 0.5) is 30.6 Å². The second-order valence-corrected chi connectivity index (χ2v) is 7.27. The molecule has 0 aliphatic carbocycles. The van der Waals surface area contributed by atoms with Crippen LogP contribution < -0.4 is 10.6 Å². The average Bonchev–Trinajstić information content (AvgIpc) is 2.57. The van der Waals surface area contributed by atoms with Gasteiger partial charge in [-0.25, -0.2) is 4.98 Å². The Balaban J connectivity index is 2.02. The van der Waals surface area contributed by atoms with E-state index in [1.807, 2.05) is 13.0 Å². The lowest BCUT2D eigenvalue weighted by molar-refractivity contribution is -0.137. The highest BCUT2D eigenvalue weighted by Crippen LogP contribution is 2.30. The molecule has 0 bridgehead atoms. The molecule has 0 aliphatic rings. The van der Waals surface area contributed by atoms with Crippen LogP contribution in [0.3, 0.4) is 0 Å². The van der Waals surface area contributed by atoms with Gasteiger partial charge in [0.1, 0.15) is 5.82 Å². The number of halogens is 3. The van der Waals surface area contributed by atoms with Gasteiger partial charge >= 0.3 is 6.18 Å². The number of aromatic nitrogens is 2. The van der Waals surface area contributed by atoms with Crippen LogP contribution in [0.15, 0.2) is 30.3 Å². The van der Waals surface area contributed by atoms with E-state index >= 15 is 0 Å². The molecule has 0 fully saturated rings. The van der Waals surface area contributed by atoms with E-state index in [1.54, 1.807) is 0 Å². The van der Waals surface area contributed by atoms with Gasteiger partial charge in [0.15, 0.2) is 0 Å². The van der Waals surface area contributed by atoms with Crippen LogP contribution in [-0.2, 0) is 6.18 Å². The van der Waals surface area contributed by atoms with Crippen molar-refractivity contribution in [2.45, 2.75) is 52.9 Å². The predicted molar refractivity (Wildman–Crippen MR) is 107 cm³/mol. The fourth-order valence-corrected chi connectivity index (χ4v) is 3.01. The van der Waals surface area contributed by atoms with Gasteiger partial charge in [0.2, 0.25) is 5.95 Å². The molecule has 0 saturated heterocycles. The molecule has 0 spiro atoms. The second-order valence-electron chi connectivity index (χ2n) is 7.27. The van der Waals surface area contributed by atoms with Crippen molar-refractivity contribution in [1.82, 2.24) is 14.9 Å². The Bertz CT molecular complexity index is 749. The summed E-state index contributed by atoms with van der Waals surface area (Å²) < 4.78 is 38.0. The number of benzene rings is 1. The first kappa shape index (κ1) is 21.9. The van der Waals surface area contributed by atoms with Gasteiger partial charge in [0, 0.05) is 42.6 Å². The molecule has 8 heteroatoms. The Labute approximate surface area is 164 Å². The first-order valence-corrected chi connectivity index (χ1v) is 9.36. The second kappa shape index (κ2) is 9.23. The van der Waals surface area contributed by atoms with Crippen molar-refractivity contribution in [3.63, 3.8) is 0 Å². The van der Waals surface area contributed by atoms with Crippen LogP contribution in [0.1, 0.15) is 39.0 Å². The SMILES string of the molecule is Cc1cc(NCCN(C(C)C)C(C)C)nc(Nc2ccc(C(F)(F)F)cc2)n1. The maximum Gasteiger partial charge on any atom is 0.416 e. The number of hydrogen-bond acceptors (Lipinski definition) is 5. The fraction of sp³-hybridized carbons (Fsp3) is 0.500. The van der Waals surface area contributed by atoms with E-state index in [0.717, 1.165) is 30.9 Å². The Kier molecular flexibility index (Phi) is 7.23. The molecule has 2 N–H and O–H groups in total. The van der Waals surface area contributed by atoms with Crippen LogP contribution in [0.25, 0.3) is 0 Å². The third kappa shape index (κ3) is 6.37. The minimum Gasteiger partial charge on any atom is -0.369 e. The van der Waals surface area contributed by atoms with Crippen molar-refractivity contribution in [3.8, 4) is 0 Å². The molecule has 2 rings (SSSR count). The highest BCUT2D eigenvalue weighted by Gasteiger charge is 2.29. The zero-order valence-corrected chi connectivity index (χ0v) is 16.9. The molecule has 2 aromatic rings. The molecule has 5 nitrogen and oxygen atoms in total. The number of aryl methyl sites for hydroxylation is 1. The minimum absolute atomic E-state index is 0.340. The lowest BCUT2D eigenvalue weighted by Gasteiger charge is -2.30. The van der Waals surface area contributed by atoms with Gasteiger partial charge in [-0.3, -0.25) is 4.90 Å². The number of hydrogen-bond donors (Lipinski definition) is 2. The summed E-state index contributed by atoms with van der Waals surface area (Å²) in [5.74, 6) is 1.02. The molecule has 0 aliphatic heterocycles. The molecule has 28 heavy (non-hydrogen) atoms. The molecule has 154 valence electrons. The van der Waals surface area contributed by atoms with E-state index in [9.17, 15) is 13.2 Å². The van der Waals surface area contributed by atoms with Gasteiger partial charge < -0.3 is 10.6 Å². The maximum atomic E-state index is 12.7. The number of anilines is 3. The van der Waals surface area contributed by atoms with Crippen molar-refractivity contribution in [3.05, 3.63) is 41.6 Å². The predicted octanol–water partition coefficient (Wildman–Crippen LogP) is 5.08. The summed E-state index contributed by atoms with van der Waals surface area (Å²) >= 11 is 0. The molecule has 1 aromatic heterocycles. The molecule has 0 atom stereocenters. The van der Waals surface area contributed by atoms with E-state index < -0.39 is 11.7 Å². The van der Waals surface area contributed by atoms with Crippen molar-refractivity contribution in [2.24, 2.45) is 0 Å². The van der Waals surface area contributed by atoms with Gasteiger partial charge in [-0.1, -0.05) is 0 Å². The molecular formula is C20H28F3N5. The van der Waals surface area contributed by atoms with E-state index in [0.29, 0.717) is 29.5 Å². The lowest BCUT2D eigenvalue weighted by atomic mass is 10.2. The number of nitrogens with one attached hydrogen (secondary N) is 2. The van der Waals surface area contributed by atoms with E-state index in [1.165, 1.54) is 12.1 Å². The highest BCUT2D eigenvalue weighted by molar-refractivity contribution is 5.55. The first-order chi connectivity index (χ1) is 13.1. The number of nitrogens with zero attached hydrogens (tertiary/aromatic N) is 3. The smallest absolute Gasteiger partial charge is 0.369 e. The highest BCUT2D eigenvalue weighted by atomic mass is 19.4. The van der Waals surface area contributed by atoms with Crippen LogP contribution in [0.5, 0.6) is 0 Å². The quantitative estimate of drug-likeness (QED) is 0.653. The Morgan fingerprint density at radius 2 is 1.61 bits per heavy atom. The summed E-state index contributed by atoms with van der Waals surface area (Å²) in [6.45, 7) is 12.1. The van der Waals surface area contributed by atoms with E-state index in [-0.39, 0.29) is 0 Å². The van der Waals surface area contributed by atoms with Gasteiger partial charge in [-0.15, -0.1) is 0 Å². The maximum absolute atomic E-state index is 12.7. The van der Waals surface area contributed by atoms with Crippen LogP contribution in [0.2, 0.25) is 0 Å². The van der Waals surface area contributed by atoms with Gasteiger partial charge in [0.25, 0.3) is 0 Å². The number of rotatable bonds is 8. The lowest BCUT2D eigenvalue weighted by Crippen LogP contribution is -2.40. The number of alkyl halides is 3. The average molecular weight is 395 g/mol. The third-order valence-electron chi connectivity index (χ3n) is 4.33. The van der Waals surface area contributed by atoms with Gasteiger partial charge in [0.05, 0.1) is 5.56 Å². The Morgan fingerprint density at radius 1 is 1.00 bits per heavy atom. The molecule has 1 aromatic carbocycles. The summed E-state index contributed by atoms with van der Waals surface area (Å²) in [5.41, 5.74) is 0.567. The third-order valence-corrected chi connectivity index (χ3v) is 4.33. The normalized spacial score (nSPS) is 12.1.